The van der Waals surface area contributed by atoms with E-state index in [0.717, 1.165) is 24.0 Å². The molecule has 2 aromatic heterocycles. The minimum atomic E-state index is -0.000370. The summed E-state index contributed by atoms with van der Waals surface area (Å²) in [5, 5.41) is 12.2. The molecule has 2 heterocycles. The summed E-state index contributed by atoms with van der Waals surface area (Å²) in [7, 11) is 4.21. The quantitative estimate of drug-likeness (QED) is 0.457. The van der Waals surface area contributed by atoms with Gasteiger partial charge in [0.1, 0.15) is 17.2 Å². The molecule has 3 aromatic carbocycles. The maximum absolute atomic E-state index is 4.83. The maximum Gasteiger partial charge on any atom is 0.148 e. The summed E-state index contributed by atoms with van der Waals surface area (Å²) in [4.78, 5) is 4.11. The van der Waals surface area contributed by atoms with Crippen LogP contribution in [0.1, 0.15) is 12.6 Å². The second-order valence-electron chi connectivity index (χ2n) is 7.49. The van der Waals surface area contributed by atoms with E-state index in [-0.39, 0.29) is 6.17 Å². The fourth-order valence-corrected chi connectivity index (χ4v) is 4.01. The van der Waals surface area contributed by atoms with Gasteiger partial charge in [-0.1, -0.05) is 48.5 Å². The van der Waals surface area contributed by atoms with E-state index in [0.29, 0.717) is 0 Å². The number of benzene rings is 3. The van der Waals surface area contributed by atoms with Crippen LogP contribution in [0.25, 0.3) is 32.8 Å². The molecule has 0 fully saturated rings. The topological polar surface area (TPSA) is 38.9 Å². The number of aromatic nitrogens is 4. The number of rotatable bonds is 5. The van der Waals surface area contributed by atoms with Crippen LogP contribution in [-0.2, 0) is 0 Å². The molecule has 5 heteroatoms. The lowest BCUT2D eigenvalue weighted by Crippen LogP contribution is -2.25. The summed E-state index contributed by atoms with van der Waals surface area (Å²) >= 11 is 0. The third-order valence-electron chi connectivity index (χ3n) is 5.32. The molecule has 1 unspecified atom stereocenters. The number of para-hydroxylation sites is 2. The van der Waals surface area contributed by atoms with Gasteiger partial charge in [0.2, 0.25) is 0 Å². The molecule has 5 nitrogen and oxygen atoms in total. The van der Waals surface area contributed by atoms with Gasteiger partial charge in [0.05, 0.1) is 11.0 Å². The minimum Gasteiger partial charge on any atom is -0.316 e. The van der Waals surface area contributed by atoms with Gasteiger partial charge in [-0.05, 0) is 38.4 Å². The van der Waals surface area contributed by atoms with Crippen molar-refractivity contribution in [2.75, 3.05) is 20.6 Å². The Bertz CT molecular complexity index is 1180. The number of fused-ring (bicyclic) bond motifs is 4. The van der Waals surface area contributed by atoms with E-state index in [1.165, 1.54) is 21.8 Å². The molecule has 140 valence electrons. The molecule has 0 saturated heterocycles. The van der Waals surface area contributed by atoms with Crippen molar-refractivity contribution in [3.8, 4) is 0 Å². The fourth-order valence-electron chi connectivity index (χ4n) is 4.01. The molecule has 0 saturated carbocycles. The van der Waals surface area contributed by atoms with Crippen molar-refractivity contribution in [2.24, 2.45) is 0 Å². The van der Waals surface area contributed by atoms with Crippen molar-refractivity contribution in [1.29, 1.82) is 0 Å². The molecule has 0 aliphatic carbocycles. The Labute approximate surface area is 163 Å². The third-order valence-corrected chi connectivity index (χ3v) is 5.32. The van der Waals surface area contributed by atoms with E-state index in [1.54, 1.807) is 0 Å². The molecule has 0 amide bonds. The highest BCUT2D eigenvalue weighted by Gasteiger charge is 2.22. The van der Waals surface area contributed by atoms with E-state index < -0.39 is 0 Å². The minimum absolute atomic E-state index is 0.000370. The monoisotopic (exact) mass is 369 g/mol. The number of hydrogen-bond acceptors (Lipinski definition) is 3. The predicted octanol–water partition coefficient (Wildman–Crippen LogP) is 4.54. The molecule has 0 spiro atoms. The molecule has 0 aliphatic rings. The van der Waals surface area contributed by atoms with Crippen LogP contribution in [0, 0.1) is 0 Å². The molecule has 1 atom stereocenters. The summed E-state index contributed by atoms with van der Waals surface area (Å²) in [6.07, 6.45) is 0.913. The Morgan fingerprint density at radius 3 is 1.79 bits per heavy atom. The van der Waals surface area contributed by atoms with Gasteiger partial charge >= 0.3 is 0 Å². The second kappa shape index (κ2) is 6.77. The van der Waals surface area contributed by atoms with E-state index >= 15 is 0 Å². The summed E-state index contributed by atoms with van der Waals surface area (Å²) in [6.45, 7) is 0.948. The number of hydrogen-bond donors (Lipinski definition) is 0. The van der Waals surface area contributed by atoms with Crippen LogP contribution in [0.15, 0.2) is 72.8 Å². The average Bonchev–Trinajstić information content (AvgIpc) is 3.28. The molecule has 0 N–H and O–H groups in total. The van der Waals surface area contributed by atoms with Crippen LogP contribution in [0.3, 0.4) is 0 Å². The normalized spacial score (nSPS) is 13.1. The first-order valence-corrected chi connectivity index (χ1v) is 9.66. The summed E-state index contributed by atoms with van der Waals surface area (Å²) < 4.78 is 2.40. The molecule has 0 bridgehead atoms. The van der Waals surface area contributed by atoms with Gasteiger partial charge in [-0.25, -0.2) is 0 Å². The summed E-state index contributed by atoms with van der Waals surface area (Å²) in [5.41, 5.74) is 4.29. The Kier molecular flexibility index (Phi) is 4.10. The smallest absolute Gasteiger partial charge is 0.148 e. The van der Waals surface area contributed by atoms with Crippen molar-refractivity contribution in [3.05, 3.63) is 72.8 Å². The summed E-state index contributed by atoms with van der Waals surface area (Å²) in [5.74, 6) is 0. The van der Waals surface area contributed by atoms with Crippen molar-refractivity contribution in [2.45, 2.75) is 12.6 Å². The molecule has 5 aromatic rings. The highest BCUT2D eigenvalue weighted by Crippen LogP contribution is 2.33. The Balaban J connectivity index is 1.77. The Morgan fingerprint density at radius 2 is 1.25 bits per heavy atom. The largest absolute Gasteiger partial charge is 0.316 e. The van der Waals surface area contributed by atoms with E-state index in [4.69, 9.17) is 10.2 Å². The molecule has 28 heavy (non-hydrogen) atoms. The van der Waals surface area contributed by atoms with Crippen LogP contribution < -0.4 is 0 Å². The van der Waals surface area contributed by atoms with Crippen molar-refractivity contribution < 1.29 is 0 Å². The fraction of sp³-hybridized carbons (Fsp3) is 0.217. The molecule has 0 aliphatic heterocycles. The van der Waals surface area contributed by atoms with Gasteiger partial charge in [-0.2, -0.15) is 15.0 Å². The van der Waals surface area contributed by atoms with Gasteiger partial charge < -0.3 is 9.47 Å². The van der Waals surface area contributed by atoms with Crippen LogP contribution >= 0.6 is 0 Å². The maximum atomic E-state index is 4.83. The van der Waals surface area contributed by atoms with Crippen LogP contribution in [-0.4, -0.2) is 45.1 Å². The first kappa shape index (κ1) is 17.0. The first-order chi connectivity index (χ1) is 13.7. The lowest BCUT2D eigenvalue weighted by molar-refractivity contribution is 0.295. The van der Waals surface area contributed by atoms with Gasteiger partial charge in [0.15, 0.2) is 0 Å². The average molecular weight is 369 g/mol. The highest BCUT2D eigenvalue weighted by molar-refractivity contribution is 6.08. The molecule has 0 radical (unpaired) electrons. The lowest BCUT2D eigenvalue weighted by Gasteiger charge is -2.22. The molecular weight excluding hydrogens is 346 g/mol. The molecular formula is C23H23N5. The standard InChI is InChI=1S/C23H23N5/c1-26(2)16-15-23(28-24-19-11-5-6-12-20(19)25-28)27-21-13-7-3-9-17(21)18-10-4-8-14-22(18)27/h3-14,23H,15-16H2,1-2H3. The lowest BCUT2D eigenvalue weighted by atomic mass is 10.2. The Hall–Kier alpha value is -3.18. The van der Waals surface area contributed by atoms with E-state index in [9.17, 15) is 0 Å². The van der Waals surface area contributed by atoms with Crippen molar-refractivity contribution in [1.82, 2.24) is 24.5 Å². The van der Waals surface area contributed by atoms with Crippen LogP contribution in [0.4, 0.5) is 0 Å². The van der Waals surface area contributed by atoms with Crippen LogP contribution in [0.2, 0.25) is 0 Å². The third kappa shape index (κ3) is 2.75. The number of nitrogens with zero attached hydrogens (tertiary/aromatic N) is 5. The van der Waals surface area contributed by atoms with E-state index in [2.05, 4.69) is 72.1 Å². The zero-order valence-electron chi connectivity index (χ0n) is 16.2. The van der Waals surface area contributed by atoms with Gasteiger partial charge in [0.25, 0.3) is 0 Å². The van der Waals surface area contributed by atoms with Gasteiger partial charge in [0, 0.05) is 23.7 Å². The highest BCUT2D eigenvalue weighted by atomic mass is 15.5. The first-order valence-electron chi connectivity index (χ1n) is 9.66. The zero-order chi connectivity index (χ0) is 19.1. The van der Waals surface area contributed by atoms with Gasteiger partial charge in [-0.3, -0.25) is 0 Å². The SMILES string of the molecule is CN(C)CCC(n1nc2ccccc2n1)n1c2ccccc2c2ccccc21. The van der Waals surface area contributed by atoms with E-state index in [1.807, 2.05) is 29.1 Å². The second-order valence-corrected chi connectivity index (χ2v) is 7.49. The molecule has 5 rings (SSSR count). The predicted molar refractivity (Wildman–Crippen MR) is 115 cm³/mol. The van der Waals surface area contributed by atoms with Crippen molar-refractivity contribution >= 4 is 32.8 Å². The van der Waals surface area contributed by atoms with Crippen molar-refractivity contribution in [3.63, 3.8) is 0 Å². The van der Waals surface area contributed by atoms with Crippen LogP contribution in [0.5, 0.6) is 0 Å². The summed E-state index contributed by atoms with van der Waals surface area (Å²) in [6, 6.07) is 25.3. The van der Waals surface area contributed by atoms with Gasteiger partial charge in [-0.15, -0.1) is 0 Å². The Morgan fingerprint density at radius 1 is 0.750 bits per heavy atom. The zero-order valence-corrected chi connectivity index (χ0v) is 16.2.